The number of rotatable bonds is 6. The average molecular weight is 356 g/mol. The monoisotopic (exact) mass is 356 g/mol. The van der Waals surface area contributed by atoms with Crippen molar-refractivity contribution in [1.29, 1.82) is 0 Å². The Bertz CT molecular complexity index is 766. The van der Waals surface area contributed by atoms with Crippen LogP contribution in [0.5, 0.6) is 5.75 Å². The zero-order chi connectivity index (χ0) is 18.6. The summed E-state index contributed by atoms with van der Waals surface area (Å²) in [5, 5.41) is 2.93. The van der Waals surface area contributed by atoms with Gasteiger partial charge in [0, 0.05) is 20.7 Å². The number of amides is 1. The van der Waals surface area contributed by atoms with Crippen LogP contribution in [0.25, 0.3) is 0 Å². The molecule has 1 N–H and O–H groups in total. The zero-order valence-electron chi connectivity index (χ0n) is 15.4. The van der Waals surface area contributed by atoms with Crippen molar-refractivity contribution in [3.05, 3.63) is 48.0 Å². The van der Waals surface area contributed by atoms with Crippen LogP contribution < -0.4 is 10.1 Å². The van der Waals surface area contributed by atoms with Crippen LogP contribution in [-0.4, -0.2) is 60.2 Å². The molecule has 0 bridgehead atoms. The summed E-state index contributed by atoms with van der Waals surface area (Å²) in [5.74, 6) is 0.801. The number of nitrogens with one attached hydrogen (secondary N) is 1. The van der Waals surface area contributed by atoms with E-state index < -0.39 is 5.60 Å². The van der Waals surface area contributed by atoms with Gasteiger partial charge in [0.15, 0.2) is 0 Å². The summed E-state index contributed by atoms with van der Waals surface area (Å²) < 4.78 is 11.7. The first kappa shape index (κ1) is 18.1. The predicted octanol–water partition coefficient (Wildman–Crippen LogP) is 2.14. The maximum Gasteiger partial charge on any atom is 0.291 e. The van der Waals surface area contributed by atoms with Crippen molar-refractivity contribution in [1.82, 2.24) is 14.9 Å². The summed E-state index contributed by atoms with van der Waals surface area (Å²) >= 11 is 0. The van der Waals surface area contributed by atoms with Gasteiger partial charge in [-0.3, -0.25) is 4.79 Å². The summed E-state index contributed by atoms with van der Waals surface area (Å²) in [5.41, 5.74) is 1.38. The van der Waals surface area contributed by atoms with Crippen LogP contribution in [-0.2, 0) is 4.74 Å². The number of methoxy groups -OCH3 is 1. The molecule has 7 heteroatoms. The van der Waals surface area contributed by atoms with Crippen molar-refractivity contribution in [3.63, 3.8) is 0 Å². The topological polar surface area (TPSA) is 76.6 Å². The second-order valence-electron chi connectivity index (χ2n) is 6.51. The van der Waals surface area contributed by atoms with E-state index in [0.717, 1.165) is 17.0 Å². The summed E-state index contributed by atoms with van der Waals surface area (Å²) in [6, 6.07) is 7.89. The second-order valence-corrected chi connectivity index (χ2v) is 6.51. The molecule has 2 aromatic rings. The minimum atomic E-state index is -0.523. The molecule has 0 aliphatic carbocycles. The summed E-state index contributed by atoms with van der Waals surface area (Å²) in [6.45, 7) is 3.44. The van der Waals surface area contributed by atoms with Gasteiger partial charge in [0.25, 0.3) is 5.91 Å². The fourth-order valence-corrected chi connectivity index (χ4v) is 2.99. The Labute approximate surface area is 153 Å². The molecule has 1 aromatic heterocycles. The molecule has 1 aliphatic rings. The van der Waals surface area contributed by atoms with Crippen LogP contribution in [0.2, 0.25) is 0 Å². The van der Waals surface area contributed by atoms with E-state index in [9.17, 15) is 4.79 Å². The fraction of sp³-hybridized carbons (Fsp3) is 0.421. The molecule has 1 aliphatic heterocycles. The predicted molar refractivity (Wildman–Crippen MR) is 98.5 cm³/mol. The lowest BCUT2D eigenvalue weighted by molar-refractivity contribution is -0.0343. The standard InChI is InChI=1S/C19H24N4O3/c1-14-5-4-6-16(9-14)26-13-19(25-3)7-8-23(12-19)18(24)17-21-10-15(20-2)11-22-17/h4-6,9-11,20H,7-8,12-13H2,1-3H3. The molecule has 7 nitrogen and oxygen atoms in total. The maximum absolute atomic E-state index is 12.7. The third-order valence-electron chi connectivity index (χ3n) is 4.66. The van der Waals surface area contributed by atoms with Crippen molar-refractivity contribution in [3.8, 4) is 5.75 Å². The molecule has 0 radical (unpaired) electrons. The highest BCUT2D eigenvalue weighted by Gasteiger charge is 2.41. The van der Waals surface area contributed by atoms with Gasteiger partial charge in [0.1, 0.15) is 18.0 Å². The van der Waals surface area contributed by atoms with E-state index >= 15 is 0 Å². The number of hydrogen-bond acceptors (Lipinski definition) is 6. The molecule has 138 valence electrons. The maximum atomic E-state index is 12.7. The van der Waals surface area contributed by atoms with Crippen molar-refractivity contribution < 1.29 is 14.3 Å². The van der Waals surface area contributed by atoms with E-state index in [2.05, 4.69) is 15.3 Å². The summed E-state index contributed by atoms with van der Waals surface area (Å²) in [6.07, 6.45) is 3.90. The van der Waals surface area contributed by atoms with Crippen molar-refractivity contribution in [2.45, 2.75) is 18.9 Å². The normalized spacial score (nSPS) is 19.4. The minimum Gasteiger partial charge on any atom is -0.491 e. The molecule has 1 atom stereocenters. The molecule has 1 saturated heterocycles. The van der Waals surface area contributed by atoms with E-state index in [1.165, 1.54) is 0 Å². The molecule has 1 fully saturated rings. The van der Waals surface area contributed by atoms with Gasteiger partial charge in [-0.25, -0.2) is 9.97 Å². The second kappa shape index (κ2) is 7.70. The lowest BCUT2D eigenvalue weighted by Crippen LogP contribution is -2.42. The van der Waals surface area contributed by atoms with Crippen LogP contribution in [0.15, 0.2) is 36.7 Å². The van der Waals surface area contributed by atoms with Crippen LogP contribution >= 0.6 is 0 Å². The van der Waals surface area contributed by atoms with Crippen LogP contribution in [0.3, 0.4) is 0 Å². The van der Waals surface area contributed by atoms with Gasteiger partial charge in [0.2, 0.25) is 5.82 Å². The highest BCUT2D eigenvalue weighted by atomic mass is 16.5. The van der Waals surface area contributed by atoms with Crippen molar-refractivity contribution >= 4 is 11.6 Å². The van der Waals surface area contributed by atoms with Gasteiger partial charge in [-0.05, 0) is 31.0 Å². The van der Waals surface area contributed by atoms with E-state index in [4.69, 9.17) is 9.47 Å². The Morgan fingerprint density at radius 3 is 2.77 bits per heavy atom. The Morgan fingerprint density at radius 1 is 1.35 bits per heavy atom. The smallest absolute Gasteiger partial charge is 0.291 e. The number of carbonyl (C=O) groups excluding carboxylic acids is 1. The molecule has 1 amide bonds. The Balaban J connectivity index is 1.64. The van der Waals surface area contributed by atoms with Crippen LogP contribution in [0.4, 0.5) is 5.69 Å². The number of ether oxygens (including phenoxy) is 2. The molecule has 0 saturated carbocycles. The Morgan fingerprint density at radius 2 is 2.12 bits per heavy atom. The molecule has 0 spiro atoms. The first-order chi connectivity index (χ1) is 12.5. The van der Waals surface area contributed by atoms with Gasteiger partial charge in [-0.2, -0.15) is 0 Å². The zero-order valence-corrected chi connectivity index (χ0v) is 15.4. The lowest BCUT2D eigenvalue weighted by Gasteiger charge is -2.27. The number of benzene rings is 1. The van der Waals surface area contributed by atoms with E-state index in [0.29, 0.717) is 26.1 Å². The number of anilines is 1. The SMILES string of the molecule is CNc1cnc(C(=O)N2CCC(COc3cccc(C)c3)(OC)C2)nc1. The van der Waals surface area contributed by atoms with Gasteiger partial charge >= 0.3 is 0 Å². The largest absolute Gasteiger partial charge is 0.491 e. The molecular weight excluding hydrogens is 332 g/mol. The van der Waals surface area contributed by atoms with E-state index in [-0.39, 0.29) is 11.7 Å². The minimum absolute atomic E-state index is 0.190. The Kier molecular flexibility index (Phi) is 5.37. The quantitative estimate of drug-likeness (QED) is 0.855. The lowest BCUT2D eigenvalue weighted by atomic mass is 10.0. The molecule has 3 rings (SSSR count). The average Bonchev–Trinajstić information content (AvgIpc) is 3.11. The first-order valence-electron chi connectivity index (χ1n) is 8.59. The molecule has 1 unspecified atom stereocenters. The molecular formula is C19H24N4O3. The number of carbonyl (C=O) groups is 1. The number of likely N-dealkylation sites (tertiary alicyclic amines) is 1. The van der Waals surface area contributed by atoms with Crippen molar-refractivity contribution in [2.75, 3.05) is 39.2 Å². The van der Waals surface area contributed by atoms with Crippen LogP contribution in [0, 0.1) is 6.92 Å². The van der Waals surface area contributed by atoms with Gasteiger partial charge < -0.3 is 19.7 Å². The third kappa shape index (κ3) is 3.94. The summed E-state index contributed by atoms with van der Waals surface area (Å²) in [7, 11) is 3.44. The van der Waals surface area contributed by atoms with E-state index in [1.807, 2.05) is 31.2 Å². The molecule has 2 heterocycles. The number of nitrogens with zero attached hydrogens (tertiary/aromatic N) is 3. The molecule has 26 heavy (non-hydrogen) atoms. The number of aryl methyl sites for hydroxylation is 1. The Hall–Kier alpha value is -2.67. The van der Waals surface area contributed by atoms with E-state index in [1.54, 1.807) is 31.5 Å². The van der Waals surface area contributed by atoms with Crippen molar-refractivity contribution in [2.24, 2.45) is 0 Å². The molecule has 1 aromatic carbocycles. The third-order valence-corrected chi connectivity index (χ3v) is 4.66. The van der Waals surface area contributed by atoms with Crippen LogP contribution in [0.1, 0.15) is 22.6 Å². The number of aromatic nitrogens is 2. The highest BCUT2D eigenvalue weighted by Crippen LogP contribution is 2.27. The summed E-state index contributed by atoms with van der Waals surface area (Å²) in [4.78, 5) is 22.6. The van der Waals surface area contributed by atoms with Gasteiger partial charge in [0.05, 0.1) is 24.6 Å². The van der Waals surface area contributed by atoms with Gasteiger partial charge in [-0.1, -0.05) is 12.1 Å². The fourth-order valence-electron chi connectivity index (χ4n) is 2.99. The highest BCUT2D eigenvalue weighted by molar-refractivity contribution is 5.90. The number of hydrogen-bond donors (Lipinski definition) is 1. The van der Waals surface area contributed by atoms with Gasteiger partial charge in [-0.15, -0.1) is 0 Å². The first-order valence-corrected chi connectivity index (χ1v) is 8.59.